The minimum absolute atomic E-state index is 0.0789. The summed E-state index contributed by atoms with van der Waals surface area (Å²) in [7, 11) is 1.81. The Bertz CT molecular complexity index is 593. The van der Waals surface area contributed by atoms with Crippen LogP contribution in [0.1, 0.15) is 22.7 Å². The molecule has 112 valence electrons. The Morgan fingerprint density at radius 3 is 2.19 bits per heavy atom. The average Bonchev–Trinajstić information content (AvgIpc) is 2.40. The van der Waals surface area contributed by atoms with Gasteiger partial charge in [0.1, 0.15) is 5.75 Å². The molecule has 0 aliphatic heterocycles. The number of hydrogen-bond acceptors (Lipinski definition) is 2. The van der Waals surface area contributed by atoms with Gasteiger partial charge >= 0.3 is 6.36 Å². The molecule has 2 aromatic rings. The van der Waals surface area contributed by atoms with Crippen LogP contribution < -0.4 is 10.1 Å². The zero-order valence-corrected chi connectivity index (χ0v) is 11.7. The van der Waals surface area contributed by atoms with E-state index < -0.39 is 6.36 Å². The van der Waals surface area contributed by atoms with E-state index >= 15 is 0 Å². The predicted molar refractivity (Wildman–Crippen MR) is 75.2 cm³/mol. The highest BCUT2D eigenvalue weighted by molar-refractivity contribution is 5.36. The second kappa shape index (κ2) is 6.18. The molecule has 2 aromatic carbocycles. The van der Waals surface area contributed by atoms with Gasteiger partial charge in [0.25, 0.3) is 0 Å². The van der Waals surface area contributed by atoms with Gasteiger partial charge in [-0.05, 0) is 37.2 Å². The average molecular weight is 295 g/mol. The Morgan fingerprint density at radius 1 is 1.00 bits per heavy atom. The van der Waals surface area contributed by atoms with Gasteiger partial charge in [-0.25, -0.2) is 0 Å². The zero-order valence-electron chi connectivity index (χ0n) is 11.7. The number of ether oxygens (including phenoxy) is 1. The van der Waals surface area contributed by atoms with E-state index in [-0.39, 0.29) is 11.8 Å². The fourth-order valence-corrected chi connectivity index (χ4v) is 2.24. The molecule has 0 aliphatic rings. The molecule has 0 fully saturated rings. The lowest BCUT2D eigenvalue weighted by Gasteiger charge is -2.18. The van der Waals surface area contributed by atoms with Crippen molar-refractivity contribution in [2.45, 2.75) is 19.3 Å². The molecule has 2 nitrogen and oxygen atoms in total. The number of benzene rings is 2. The Hall–Kier alpha value is -2.01. The summed E-state index contributed by atoms with van der Waals surface area (Å²) in [5, 5.41) is 3.17. The highest BCUT2D eigenvalue weighted by Gasteiger charge is 2.31. The number of alkyl halides is 3. The third-order valence-electron chi connectivity index (χ3n) is 3.11. The maximum atomic E-state index is 12.1. The quantitative estimate of drug-likeness (QED) is 0.912. The zero-order chi connectivity index (χ0) is 15.5. The van der Waals surface area contributed by atoms with E-state index in [4.69, 9.17) is 0 Å². The molecule has 0 saturated carbocycles. The van der Waals surface area contributed by atoms with E-state index in [2.05, 4.69) is 10.1 Å². The molecule has 0 heterocycles. The fraction of sp³-hybridized carbons (Fsp3) is 0.250. The van der Waals surface area contributed by atoms with Crippen molar-refractivity contribution in [1.29, 1.82) is 0 Å². The molecule has 0 saturated heterocycles. The van der Waals surface area contributed by atoms with Crippen LogP contribution >= 0.6 is 0 Å². The molecular weight excluding hydrogens is 279 g/mol. The van der Waals surface area contributed by atoms with Crippen LogP contribution in [0, 0.1) is 6.92 Å². The highest BCUT2D eigenvalue weighted by atomic mass is 19.4. The Labute approximate surface area is 121 Å². The topological polar surface area (TPSA) is 21.3 Å². The van der Waals surface area contributed by atoms with Gasteiger partial charge in [0, 0.05) is 0 Å². The van der Waals surface area contributed by atoms with Gasteiger partial charge in [-0.15, -0.1) is 13.2 Å². The lowest BCUT2D eigenvalue weighted by atomic mass is 9.97. The number of rotatable bonds is 4. The minimum Gasteiger partial charge on any atom is -0.406 e. The molecule has 1 atom stereocenters. The number of halogens is 3. The van der Waals surface area contributed by atoms with E-state index in [1.165, 1.54) is 12.1 Å². The molecule has 1 unspecified atom stereocenters. The van der Waals surface area contributed by atoms with Crippen LogP contribution in [0.15, 0.2) is 48.5 Å². The van der Waals surface area contributed by atoms with Gasteiger partial charge in [-0.2, -0.15) is 0 Å². The lowest BCUT2D eigenvalue weighted by molar-refractivity contribution is -0.274. The summed E-state index contributed by atoms with van der Waals surface area (Å²) in [4.78, 5) is 0. The SMILES string of the molecule is CNC(c1ccc(OC(F)(F)F)cc1)c1cccc(C)c1. The normalized spacial score (nSPS) is 13.0. The first-order chi connectivity index (χ1) is 9.89. The Balaban J connectivity index is 2.23. The van der Waals surface area contributed by atoms with Crippen molar-refractivity contribution >= 4 is 0 Å². The van der Waals surface area contributed by atoms with E-state index in [0.717, 1.165) is 16.7 Å². The summed E-state index contributed by atoms with van der Waals surface area (Å²) >= 11 is 0. The van der Waals surface area contributed by atoms with Crippen molar-refractivity contribution in [3.63, 3.8) is 0 Å². The summed E-state index contributed by atoms with van der Waals surface area (Å²) in [5.74, 6) is -0.217. The Morgan fingerprint density at radius 2 is 1.67 bits per heavy atom. The van der Waals surface area contributed by atoms with Crippen LogP contribution in [0.4, 0.5) is 13.2 Å². The van der Waals surface area contributed by atoms with Crippen LogP contribution in [0.5, 0.6) is 5.75 Å². The van der Waals surface area contributed by atoms with Crippen molar-refractivity contribution in [1.82, 2.24) is 5.32 Å². The molecular formula is C16H16F3NO. The van der Waals surface area contributed by atoms with Crippen LogP contribution in [0.3, 0.4) is 0 Å². The van der Waals surface area contributed by atoms with Gasteiger partial charge < -0.3 is 10.1 Å². The first-order valence-corrected chi connectivity index (χ1v) is 6.48. The fourth-order valence-electron chi connectivity index (χ4n) is 2.24. The van der Waals surface area contributed by atoms with Crippen LogP contribution in [-0.2, 0) is 0 Å². The van der Waals surface area contributed by atoms with E-state index in [0.29, 0.717) is 0 Å². The van der Waals surface area contributed by atoms with Crippen LogP contribution in [-0.4, -0.2) is 13.4 Å². The van der Waals surface area contributed by atoms with Gasteiger partial charge in [0.2, 0.25) is 0 Å². The summed E-state index contributed by atoms with van der Waals surface area (Å²) in [6.45, 7) is 2.00. The molecule has 1 N–H and O–H groups in total. The van der Waals surface area contributed by atoms with Crippen molar-refractivity contribution in [2.24, 2.45) is 0 Å². The van der Waals surface area contributed by atoms with E-state index in [1.54, 1.807) is 12.1 Å². The minimum atomic E-state index is -4.67. The molecule has 21 heavy (non-hydrogen) atoms. The summed E-state index contributed by atoms with van der Waals surface area (Å²) < 4.78 is 40.3. The van der Waals surface area contributed by atoms with Gasteiger partial charge in [0.05, 0.1) is 6.04 Å². The second-order valence-corrected chi connectivity index (χ2v) is 4.75. The number of nitrogens with one attached hydrogen (secondary N) is 1. The second-order valence-electron chi connectivity index (χ2n) is 4.75. The molecule has 0 radical (unpaired) electrons. The highest BCUT2D eigenvalue weighted by Crippen LogP contribution is 2.27. The summed E-state index contributed by atoms with van der Waals surface area (Å²) in [6, 6.07) is 13.8. The third kappa shape index (κ3) is 4.23. The molecule has 5 heteroatoms. The lowest BCUT2D eigenvalue weighted by Crippen LogP contribution is -2.19. The summed E-state index contributed by atoms with van der Waals surface area (Å²) in [6.07, 6.45) is -4.67. The summed E-state index contributed by atoms with van der Waals surface area (Å²) in [5.41, 5.74) is 3.06. The number of aryl methyl sites for hydroxylation is 1. The van der Waals surface area contributed by atoms with Gasteiger partial charge in [-0.1, -0.05) is 42.0 Å². The smallest absolute Gasteiger partial charge is 0.406 e. The molecule has 0 bridgehead atoms. The Kier molecular flexibility index (Phi) is 4.53. The van der Waals surface area contributed by atoms with Crippen molar-refractivity contribution < 1.29 is 17.9 Å². The van der Waals surface area contributed by atoms with Gasteiger partial charge in [0.15, 0.2) is 0 Å². The van der Waals surface area contributed by atoms with Gasteiger partial charge in [-0.3, -0.25) is 0 Å². The van der Waals surface area contributed by atoms with Crippen LogP contribution in [0.2, 0.25) is 0 Å². The predicted octanol–water partition coefficient (Wildman–Crippen LogP) is 4.20. The molecule has 0 aromatic heterocycles. The van der Waals surface area contributed by atoms with Crippen molar-refractivity contribution in [2.75, 3.05) is 7.05 Å². The van der Waals surface area contributed by atoms with E-state index in [9.17, 15) is 13.2 Å². The van der Waals surface area contributed by atoms with E-state index in [1.807, 2.05) is 38.2 Å². The van der Waals surface area contributed by atoms with Crippen molar-refractivity contribution in [3.05, 3.63) is 65.2 Å². The monoisotopic (exact) mass is 295 g/mol. The largest absolute Gasteiger partial charge is 0.573 e. The maximum Gasteiger partial charge on any atom is 0.573 e. The molecule has 0 aliphatic carbocycles. The molecule has 2 rings (SSSR count). The standard InChI is InChI=1S/C16H16F3NO/c1-11-4-3-5-13(10-11)15(20-2)12-6-8-14(9-7-12)21-16(17,18)19/h3-10,15,20H,1-2H3. The molecule has 0 amide bonds. The van der Waals surface area contributed by atoms with Crippen LogP contribution in [0.25, 0.3) is 0 Å². The first kappa shape index (κ1) is 15.4. The number of hydrogen-bond donors (Lipinski definition) is 1. The first-order valence-electron chi connectivity index (χ1n) is 6.48. The maximum absolute atomic E-state index is 12.1. The van der Waals surface area contributed by atoms with Crippen molar-refractivity contribution in [3.8, 4) is 5.75 Å². The molecule has 0 spiro atoms. The third-order valence-corrected chi connectivity index (χ3v) is 3.11.